The molecule has 2 N–H and O–H groups in total. The molecule has 1 amide bonds. The van der Waals surface area contributed by atoms with Gasteiger partial charge >= 0.3 is 0 Å². The number of carbonyl (C=O) groups excluding carboxylic acids is 1. The molecule has 1 aromatic heterocycles. The minimum atomic E-state index is -0.268. The summed E-state index contributed by atoms with van der Waals surface area (Å²) in [5, 5.41) is 6.02. The molecule has 0 fully saturated rings. The summed E-state index contributed by atoms with van der Waals surface area (Å²) >= 11 is 0. The first-order valence-electron chi connectivity index (χ1n) is 8.21. The number of hydrogen-bond acceptors (Lipinski definition) is 5. The highest BCUT2D eigenvalue weighted by Gasteiger charge is 2.08. The van der Waals surface area contributed by atoms with Gasteiger partial charge < -0.3 is 15.4 Å². The van der Waals surface area contributed by atoms with Crippen LogP contribution in [0.5, 0.6) is 5.75 Å². The fourth-order valence-corrected chi connectivity index (χ4v) is 2.38. The van der Waals surface area contributed by atoms with Gasteiger partial charge in [-0.25, -0.2) is 9.97 Å². The Labute approximate surface area is 152 Å². The zero-order valence-electron chi connectivity index (χ0n) is 14.7. The molecule has 1 heterocycles. The summed E-state index contributed by atoms with van der Waals surface area (Å²) < 4.78 is 5.11. The number of aryl methyl sites for hydroxylation is 1. The first-order chi connectivity index (χ1) is 12.7. The minimum absolute atomic E-state index is 0.268. The number of nitrogens with zero attached hydrogens (tertiary/aromatic N) is 2. The molecule has 0 aliphatic rings. The van der Waals surface area contributed by atoms with Crippen molar-refractivity contribution < 1.29 is 9.53 Å². The van der Waals surface area contributed by atoms with Gasteiger partial charge in [-0.15, -0.1) is 0 Å². The lowest BCUT2D eigenvalue weighted by atomic mass is 10.2. The second-order valence-electron chi connectivity index (χ2n) is 5.76. The molecule has 6 heteroatoms. The van der Waals surface area contributed by atoms with Gasteiger partial charge in [0, 0.05) is 12.2 Å². The molecule has 0 spiro atoms. The molecule has 0 aliphatic heterocycles. The highest BCUT2D eigenvalue weighted by Crippen LogP contribution is 2.17. The second kappa shape index (κ2) is 8.11. The number of para-hydroxylation sites is 1. The van der Waals surface area contributed by atoms with E-state index in [0.29, 0.717) is 12.4 Å². The summed E-state index contributed by atoms with van der Waals surface area (Å²) in [4.78, 5) is 20.7. The van der Waals surface area contributed by atoms with Crippen LogP contribution in [0.1, 0.15) is 21.6 Å². The van der Waals surface area contributed by atoms with Crippen molar-refractivity contribution in [3.8, 4) is 5.75 Å². The van der Waals surface area contributed by atoms with Gasteiger partial charge in [0.25, 0.3) is 5.91 Å². The predicted molar refractivity (Wildman–Crippen MR) is 101 cm³/mol. The number of benzene rings is 2. The SMILES string of the molecule is COc1ccc(CNC(=O)c2cnc(Nc3ccccc3C)cn2)cc1. The average Bonchev–Trinajstić information content (AvgIpc) is 2.69. The normalized spacial score (nSPS) is 10.2. The fourth-order valence-electron chi connectivity index (χ4n) is 2.38. The lowest BCUT2D eigenvalue weighted by Gasteiger charge is -2.09. The Balaban J connectivity index is 1.58. The van der Waals surface area contributed by atoms with Crippen LogP contribution in [0.2, 0.25) is 0 Å². The molecule has 3 aromatic rings. The van der Waals surface area contributed by atoms with E-state index >= 15 is 0 Å². The molecule has 2 aromatic carbocycles. The number of anilines is 2. The highest BCUT2D eigenvalue weighted by molar-refractivity contribution is 5.92. The largest absolute Gasteiger partial charge is 0.497 e. The molecule has 0 aliphatic carbocycles. The van der Waals surface area contributed by atoms with Crippen LogP contribution in [-0.4, -0.2) is 23.0 Å². The van der Waals surface area contributed by atoms with Crippen LogP contribution < -0.4 is 15.4 Å². The van der Waals surface area contributed by atoms with Crippen LogP contribution in [0.25, 0.3) is 0 Å². The van der Waals surface area contributed by atoms with E-state index in [1.807, 2.05) is 55.5 Å². The maximum absolute atomic E-state index is 12.2. The number of methoxy groups -OCH3 is 1. The zero-order chi connectivity index (χ0) is 18.4. The van der Waals surface area contributed by atoms with Crippen molar-refractivity contribution >= 4 is 17.4 Å². The molecular formula is C20H20N4O2. The molecule has 0 unspecified atom stereocenters. The third kappa shape index (κ3) is 4.36. The first kappa shape index (κ1) is 17.4. The van der Waals surface area contributed by atoms with Gasteiger partial charge in [0.1, 0.15) is 17.3 Å². The van der Waals surface area contributed by atoms with Crippen LogP contribution in [0.4, 0.5) is 11.5 Å². The number of nitrogens with one attached hydrogen (secondary N) is 2. The van der Waals surface area contributed by atoms with Gasteiger partial charge in [-0.3, -0.25) is 4.79 Å². The number of aromatic nitrogens is 2. The van der Waals surface area contributed by atoms with Gasteiger partial charge in [0.05, 0.1) is 19.5 Å². The number of amides is 1. The van der Waals surface area contributed by atoms with Gasteiger partial charge in [-0.2, -0.15) is 0 Å². The number of rotatable bonds is 6. The van der Waals surface area contributed by atoms with Crippen molar-refractivity contribution in [3.05, 3.63) is 77.7 Å². The summed E-state index contributed by atoms with van der Waals surface area (Å²) in [7, 11) is 1.62. The van der Waals surface area contributed by atoms with E-state index in [4.69, 9.17) is 4.74 Å². The van der Waals surface area contributed by atoms with E-state index in [1.54, 1.807) is 13.3 Å². The van der Waals surface area contributed by atoms with Crippen LogP contribution in [0, 0.1) is 6.92 Å². The standard InChI is InChI=1S/C20H20N4O2/c1-14-5-3-4-6-17(14)24-19-13-21-18(12-22-19)20(25)23-11-15-7-9-16(26-2)10-8-15/h3-10,12-13H,11H2,1-2H3,(H,22,24)(H,23,25). The van der Waals surface area contributed by atoms with Crippen LogP contribution >= 0.6 is 0 Å². The maximum Gasteiger partial charge on any atom is 0.271 e. The number of carbonyl (C=O) groups is 1. The molecule has 0 radical (unpaired) electrons. The molecule has 3 rings (SSSR count). The summed E-state index contributed by atoms with van der Waals surface area (Å²) in [5.74, 6) is 1.10. The van der Waals surface area contributed by atoms with Crippen molar-refractivity contribution in [2.24, 2.45) is 0 Å². The van der Waals surface area contributed by atoms with Crippen LogP contribution in [0.3, 0.4) is 0 Å². The van der Waals surface area contributed by atoms with E-state index in [-0.39, 0.29) is 11.6 Å². The van der Waals surface area contributed by atoms with Gasteiger partial charge in [-0.05, 0) is 36.2 Å². The smallest absolute Gasteiger partial charge is 0.271 e. The molecule has 132 valence electrons. The fraction of sp³-hybridized carbons (Fsp3) is 0.150. The second-order valence-corrected chi connectivity index (χ2v) is 5.76. The van der Waals surface area contributed by atoms with E-state index in [0.717, 1.165) is 22.6 Å². The maximum atomic E-state index is 12.2. The number of ether oxygens (including phenoxy) is 1. The lowest BCUT2D eigenvalue weighted by Crippen LogP contribution is -2.24. The van der Waals surface area contributed by atoms with Crippen molar-refractivity contribution in [2.45, 2.75) is 13.5 Å². The summed E-state index contributed by atoms with van der Waals surface area (Å²) in [5.41, 5.74) is 3.31. The minimum Gasteiger partial charge on any atom is -0.497 e. The molecular weight excluding hydrogens is 328 g/mol. The summed E-state index contributed by atoms with van der Waals surface area (Å²) in [6, 6.07) is 15.4. The van der Waals surface area contributed by atoms with Crippen LogP contribution in [0.15, 0.2) is 60.9 Å². The van der Waals surface area contributed by atoms with Gasteiger partial charge in [0.15, 0.2) is 0 Å². The Hall–Kier alpha value is -3.41. The van der Waals surface area contributed by atoms with Crippen molar-refractivity contribution in [1.82, 2.24) is 15.3 Å². The third-order valence-corrected chi connectivity index (χ3v) is 3.90. The Bertz CT molecular complexity index is 877. The third-order valence-electron chi connectivity index (χ3n) is 3.90. The average molecular weight is 348 g/mol. The molecule has 6 nitrogen and oxygen atoms in total. The molecule has 0 bridgehead atoms. The number of hydrogen-bond donors (Lipinski definition) is 2. The van der Waals surface area contributed by atoms with E-state index in [9.17, 15) is 4.79 Å². The first-order valence-corrected chi connectivity index (χ1v) is 8.21. The van der Waals surface area contributed by atoms with Gasteiger partial charge in [-0.1, -0.05) is 30.3 Å². The predicted octanol–water partition coefficient (Wildman–Crippen LogP) is 3.47. The lowest BCUT2D eigenvalue weighted by molar-refractivity contribution is 0.0945. The van der Waals surface area contributed by atoms with E-state index in [2.05, 4.69) is 20.6 Å². The molecule has 0 saturated carbocycles. The van der Waals surface area contributed by atoms with E-state index < -0.39 is 0 Å². The quantitative estimate of drug-likeness (QED) is 0.713. The van der Waals surface area contributed by atoms with Crippen LogP contribution in [-0.2, 0) is 6.54 Å². The Morgan fingerprint density at radius 2 is 1.81 bits per heavy atom. The summed E-state index contributed by atoms with van der Waals surface area (Å²) in [6.07, 6.45) is 3.01. The van der Waals surface area contributed by atoms with E-state index in [1.165, 1.54) is 6.20 Å². The highest BCUT2D eigenvalue weighted by atomic mass is 16.5. The Morgan fingerprint density at radius 1 is 1.04 bits per heavy atom. The molecule has 26 heavy (non-hydrogen) atoms. The summed E-state index contributed by atoms with van der Waals surface area (Å²) in [6.45, 7) is 2.42. The molecule has 0 saturated heterocycles. The zero-order valence-corrected chi connectivity index (χ0v) is 14.7. The van der Waals surface area contributed by atoms with Gasteiger partial charge in [0.2, 0.25) is 0 Å². The molecule has 0 atom stereocenters. The monoisotopic (exact) mass is 348 g/mol. The van der Waals surface area contributed by atoms with Crippen molar-refractivity contribution in [1.29, 1.82) is 0 Å². The Kier molecular flexibility index (Phi) is 5.43. The van der Waals surface area contributed by atoms with Crippen molar-refractivity contribution in [3.63, 3.8) is 0 Å². The Morgan fingerprint density at radius 3 is 2.46 bits per heavy atom. The van der Waals surface area contributed by atoms with Crippen molar-refractivity contribution in [2.75, 3.05) is 12.4 Å². The topological polar surface area (TPSA) is 76.1 Å².